The maximum atomic E-state index is 12.0. The lowest BCUT2D eigenvalue weighted by atomic mass is 10.1. The number of methoxy groups -OCH3 is 1. The molecule has 5 heteroatoms. The van der Waals surface area contributed by atoms with E-state index in [2.05, 4.69) is 11.7 Å². The second-order valence-corrected chi connectivity index (χ2v) is 4.48. The highest BCUT2D eigenvalue weighted by atomic mass is 16.5. The molecule has 1 rings (SSSR count). The Labute approximate surface area is 125 Å². The number of carbonyl (C=O) groups is 1. The summed E-state index contributed by atoms with van der Waals surface area (Å²) in [5.74, 6) is 0.385. The van der Waals surface area contributed by atoms with Gasteiger partial charge in [0.2, 0.25) is 0 Å². The van der Waals surface area contributed by atoms with Crippen LogP contribution < -0.4 is 4.74 Å². The normalized spacial score (nSPS) is 12.5. The second kappa shape index (κ2) is 8.09. The third-order valence-corrected chi connectivity index (χ3v) is 3.26. The van der Waals surface area contributed by atoms with E-state index in [9.17, 15) is 4.79 Å². The van der Waals surface area contributed by atoms with Gasteiger partial charge in [0.15, 0.2) is 0 Å². The van der Waals surface area contributed by atoms with Crippen LogP contribution in [-0.4, -0.2) is 38.4 Å². The molecule has 0 aliphatic carbocycles. The van der Waals surface area contributed by atoms with Crippen molar-refractivity contribution >= 4 is 12.7 Å². The molecule has 0 amide bonds. The fourth-order valence-corrected chi connectivity index (χ4v) is 1.89. The summed E-state index contributed by atoms with van der Waals surface area (Å²) in [6, 6.07) is 7.68. The van der Waals surface area contributed by atoms with Crippen LogP contribution in [0.15, 0.2) is 41.2 Å². The van der Waals surface area contributed by atoms with Gasteiger partial charge in [-0.15, -0.1) is 0 Å². The summed E-state index contributed by atoms with van der Waals surface area (Å²) in [4.78, 5) is 17.5. The van der Waals surface area contributed by atoms with Crippen molar-refractivity contribution in [2.24, 2.45) is 4.99 Å². The summed E-state index contributed by atoms with van der Waals surface area (Å²) in [6.45, 7) is 7.49. The van der Waals surface area contributed by atoms with E-state index in [-0.39, 0.29) is 6.04 Å². The standard InChI is InChI=1S/C16H22N2O3/c1-6-21-16(19)15(11-17-3)18(4)12(2)13-7-9-14(20-5)10-8-13/h7-12H,3,6H2,1-2,4-5H3/b15-11-. The van der Waals surface area contributed by atoms with Crippen LogP contribution in [-0.2, 0) is 9.53 Å². The van der Waals surface area contributed by atoms with Crippen LogP contribution in [0, 0.1) is 0 Å². The lowest BCUT2D eigenvalue weighted by Gasteiger charge is -2.28. The van der Waals surface area contributed by atoms with E-state index in [1.165, 1.54) is 6.20 Å². The molecule has 0 fully saturated rings. The SMILES string of the molecule is C=N/C=C(/C(=O)OCC)N(C)C(C)c1ccc(OC)cc1. The number of hydrogen-bond acceptors (Lipinski definition) is 5. The first-order valence-electron chi connectivity index (χ1n) is 6.75. The van der Waals surface area contributed by atoms with Crippen LogP contribution in [0.4, 0.5) is 0 Å². The number of benzene rings is 1. The quantitative estimate of drug-likeness (QED) is 0.440. The Morgan fingerprint density at radius 3 is 2.52 bits per heavy atom. The zero-order valence-corrected chi connectivity index (χ0v) is 13.0. The molecule has 0 aliphatic rings. The van der Waals surface area contributed by atoms with Crippen molar-refractivity contribution in [1.29, 1.82) is 0 Å². The number of esters is 1. The third-order valence-electron chi connectivity index (χ3n) is 3.26. The molecule has 0 radical (unpaired) electrons. The van der Waals surface area contributed by atoms with Gasteiger partial charge in [-0.25, -0.2) is 4.79 Å². The van der Waals surface area contributed by atoms with Gasteiger partial charge in [0.05, 0.1) is 26.0 Å². The van der Waals surface area contributed by atoms with Crippen molar-refractivity contribution in [2.45, 2.75) is 19.9 Å². The first-order chi connectivity index (χ1) is 10.0. The minimum atomic E-state index is -0.409. The molecule has 5 nitrogen and oxygen atoms in total. The first-order valence-corrected chi connectivity index (χ1v) is 6.75. The molecule has 0 N–H and O–H groups in total. The van der Waals surface area contributed by atoms with E-state index in [1.54, 1.807) is 14.0 Å². The maximum Gasteiger partial charge on any atom is 0.356 e. The predicted molar refractivity (Wildman–Crippen MR) is 83.4 cm³/mol. The number of aliphatic imine (C=N–C) groups is 1. The predicted octanol–water partition coefficient (Wildman–Crippen LogP) is 2.79. The molecule has 0 bridgehead atoms. The monoisotopic (exact) mass is 290 g/mol. The Bertz CT molecular complexity index is 509. The Kier molecular flexibility index (Phi) is 6.46. The summed E-state index contributed by atoms with van der Waals surface area (Å²) in [5, 5.41) is 0. The molecular formula is C16H22N2O3. The molecule has 0 aliphatic heterocycles. The Hall–Kier alpha value is -2.30. The molecule has 0 saturated carbocycles. The molecule has 0 spiro atoms. The fraction of sp³-hybridized carbons (Fsp3) is 0.375. The fourth-order valence-electron chi connectivity index (χ4n) is 1.89. The van der Waals surface area contributed by atoms with Gasteiger partial charge >= 0.3 is 5.97 Å². The minimum absolute atomic E-state index is 0.0201. The van der Waals surface area contributed by atoms with Gasteiger partial charge < -0.3 is 14.4 Å². The van der Waals surface area contributed by atoms with E-state index < -0.39 is 5.97 Å². The Balaban J connectivity index is 2.96. The molecule has 0 heterocycles. The van der Waals surface area contributed by atoms with Gasteiger partial charge in [0.1, 0.15) is 11.4 Å². The lowest BCUT2D eigenvalue weighted by molar-refractivity contribution is -0.140. The molecule has 1 unspecified atom stereocenters. The van der Waals surface area contributed by atoms with Gasteiger partial charge in [-0.2, -0.15) is 0 Å². The first kappa shape index (κ1) is 16.8. The van der Waals surface area contributed by atoms with Crippen LogP contribution in [0.25, 0.3) is 0 Å². The topological polar surface area (TPSA) is 51.1 Å². The van der Waals surface area contributed by atoms with Crippen molar-refractivity contribution in [3.05, 3.63) is 41.7 Å². The largest absolute Gasteiger partial charge is 0.497 e. The van der Waals surface area contributed by atoms with Crippen LogP contribution in [0.3, 0.4) is 0 Å². The molecule has 0 aromatic heterocycles. The zero-order valence-electron chi connectivity index (χ0n) is 13.0. The number of rotatable bonds is 7. The van der Waals surface area contributed by atoms with Crippen molar-refractivity contribution < 1.29 is 14.3 Å². The van der Waals surface area contributed by atoms with E-state index >= 15 is 0 Å². The van der Waals surface area contributed by atoms with Gasteiger partial charge in [0.25, 0.3) is 0 Å². The maximum absolute atomic E-state index is 12.0. The Morgan fingerprint density at radius 1 is 1.43 bits per heavy atom. The van der Waals surface area contributed by atoms with E-state index in [0.29, 0.717) is 12.3 Å². The summed E-state index contributed by atoms with van der Waals surface area (Å²) in [7, 11) is 3.45. The second-order valence-electron chi connectivity index (χ2n) is 4.48. The van der Waals surface area contributed by atoms with Crippen molar-refractivity contribution in [3.63, 3.8) is 0 Å². The van der Waals surface area contributed by atoms with E-state index in [4.69, 9.17) is 9.47 Å². The number of ether oxygens (including phenoxy) is 2. The number of hydrogen-bond donors (Lipinski definition) is 0. The summed E-state index contributed by atoms with van der Waals surface area (Å²) in [5.41, 5.74) is 1.42. The molecule has 0 saturated heterocycles. The summed E-state index contributed by atoms with van der Waals surface area (Å²) in [6.07, 6.45) is 1.41. The highest BCUT2D eigenvalue weighted by Crippen LogP contribution is 2.25. The van der Waals surface area contributed by atoms with Crippen LogP contribution in [0.5, 0.6) is 5.75 Å². The van der Waals surface area contributed by atoms with Crippen LogP contribution in [0.1, 0.15) is 25.5 Å². The number of carbonyl (C=O) groups excluding carboxylic acids is 1. The average molecular weight is 290 g/mol. The van der Waals surface area contributed by atoms with Crippen molar-refractivity contribution in [3.8, 4) is 5.75 Å². The van der Waals surface area contributed by atoms with Crippen molar-refractivity contribution in [2.75, 3.05) is 20.8 Å². The third kappa shape index (κ3) is 4.34. The van der Waals surface area contributed by atoms with Gasteiger partial charge in [-0.05, 0) is 38.3 Å². The molecule has 1 atom stereocenters. The highest BCUT2D eigenvalue weighted by Gasteiger charge is 2.21. The molecule has 114 valence electrons. The van der Waals surface area contributed by atoms with Gasteiger partial charge in [-0.3, -0.25) is 4.99 Å². The van der Waals surface area contributed by atoms with Crippen LogP contribution >= 0.6 is 0 Å². The van der Waals surface area contributed by atoms with Gasteiger partial charge in [0, 0.05) is 7.05 Å². The molecule has 1 aromatic rings. The Morgan fingerprint density at radius 2 is 2.05 bits per heavy atom. The lowest BCUT2D eigenvalue weighted by Crippen LogP contribution is -2.27. The summed E-state index contributed by atoms with van der Waals surface area (Å²) >= 11 is 0. The zero-order chi connectivity index (χ0) is 15.8. The number of nitrogens with zero attached hydrogens (tertiary/aromatic N) is 2. The number of likely N-dealkylation sites (N-methyl/N-ethyl adjacent to an activating group) is 1. The molecule has 1 aromatic carbocycles. The molecular weight excluding hydrogens is 268 g/mol. The minimum Gasteiger partial charge on any atom is -0.497 e. The van der Waals surface area contributed by atoms with E-state index in [0.717, 1.165) is 11.3 Å². The van der Waals surface area contributed by atoms with E-state index in [1.807, 2.05) is 43.1 Å². The summed E-state index contributed by atoms with van der Waals surface area (Å²) < 4.78 is 10.2. The van der Waals surface area contributed by atoms with Gasteiger partial charge in [-0.1, -0.05) is 12.1 Å². The van der Waals surface area contributed by atoms with Crippen LogP contribution in [0.2, 0.25) is 0 Å². The smallest absolute Gasteiger partial charge is 0.356 e. The highest BCUT2D eigenvalue weighted by molar-refractivity contribution is 5.87. The van der Waals surface area contributed by atoms with Crippen molar-refractivity contribution in [1.82, 2.24) is 4.90 Å². The average Bonchev–Trinajstić information content (AvgIpc) is 2.51. The molecule has 21 heavy (non-hydrogen) atoms.